The van der Waals surface area contributed by atoms with Crippen LogP contribution in [0, 0.1) is 6.92 Å². The highest BCUT2D eigenvalue weighted by atomic mass is 16.2. The van der Waals surface area contributed by atoms with Gasteiger partial charge in [-0.15, -0.1) is 0 Å². The van der Waals surface area contributed by atoms with E-state index in [-0.39, 0.29) is 17.3 Å². The zero-order valence-corrected chi connectivity index (χ0v) is 9.73. The van der Waals surface area contributed by atoms with Crippen LogP contribution in [0.1, 0.15) is 15.9 Å². The minimum absolute atomic E-state index is 0.277. The summed E-state index contributed by atoms with van der Waals surface area (Å²) in [5.74, 6) is -0.0556. The molecule has 2 rings (SSSR count). The van der Waals surface area contributed by atoms with Gasteiger partial charge in [-0.05, 0) is 30.7 Å². The lowest BCUT2D eigenvalue weighted by Gasteiger charge is -2.05. The van der Waals surface area contributed by atoms with E-state index in [1.54, 1.807) is 18.2 Å². The van der Waals surface area contributed by atoms with Crippen molar-refractivity contribution < 1.29 is 4.79 Å². The summed E-state index contributed by atoms with van der Waals surface area (Å²) in [5, 5.41) is 8.47. The molecule has 0 aliphatic heterocycles. The highest BCUT2D eigenvalue weighted by molar-refractivity contribution is 6.04. The zero-order chi connectivity index (χ0) is 13.1. The first-order valence-electron chi connectivity index (χ1n) is 5.29. The fourth-order valence-electron chi connectivity index (χ4n) is 1.38. The van der Waals surface area contributed by atoms with Crippen molar-refractivity contribution >= 4 is 17.4 Å². The molecular weight excluding hydrogens is 232 g/mol. The Balaban J connectivity index is 2.19. The monoisotopic (exact) mass is 244 g/mol. The molecule has 1 aromatic heterocycles. The number of aromatic amines is 1. The van der Waals surface area contributed by atoms with Gasteiger partial charge in [-0.3, -0.25) is 9.59 Å². The van der Waals surface area contributed by atoms with Gasteiger partial charge in [0.15, 0.2) is 5.82 Å². The van der Waals surface area contributed by atoms with Crippen molar-refractivity contribution in [3.05, 3.63) is 51.8 Å². The fourth-order valence-corrected chi connectivity index (χ4v) is 1.38. The molecule has 6 nitrogen and oxygen atoms in total. The lowest BCUT2D eigenvalue weighted by Crippen LogP contribution is -2.16. The summed E-state index contributed by atoms with van der Waals surface area (Å²) in [7, 11) is 0. The molecule has 4 N–H and O–H groups in total. The van der Waals surface area contributed by atoms with E-state index < -0.39 is 0 Å². The van der Waals surface area contributed by atoms with Crippen LogP contribution in [0.15, 0.2) is 35.1 Å². The first kappa shape index (κ1) is 11.8. The Morgan fingerprint density at radius 2 is 2.11 bits per heavy atom. The third-order valence-corrected chi connectivity index (χ3v) is 2.46. The molecule has 18 heavy (non-hydrogen) atoms. The normalized spacial score (nSPS) is 10.1. The Bertz CT molecular complexity index is 628. The number of carbonyl (C=O) groups is 1. The zero-order valence-electron chi connectivity index (χ0n) is 9.73. The minimum atomic E-state index is -0.332. The number of anilines is 2. The summed E-state index contributed by atoms with van der Waals surface area (Å²) in [5.41, 5.74) is 7.30. The second-order valence-electron chi connectivity index (χ2n) is 3.83. The lowest BCUT2D eigenvalue weighted by atomic mass is 10.1. The molecule has 1 aromatic carbocycles. The van der Waals surface area contributed by atoms with Crippen molar-refractivity contribution in [2.75, 3.05) is 11.1 Å². The molecule has 0 unspecified atom stereocenters. The Hall–Kier alpha value is -2.63. The molecule has 0 atom stereocenters. The third kappa shape index (κ3) is 2.54. The van der Waals surface area contributed by atoms with Crippen LogP contribution in [0.4, 0.5) is 11.5 Å². The number of amides is 1. The van der Waals surface area contributed by atoms with E-state index in [4.69, 9.17) is 5.73 Å². The number of carbonyl (C=O) groups excluding carboxylic acids is 1. The van der Waals surface area contributed by atoms with E-state index in [0.29, 0.717) is 11.3 Å². The number of nitrogens with two attached hydrogens (primary N) is 1. The number of hydrogen-bond acceptors (Lipinski definition) is 4. The first-order valence-corrected chi connectivity index (χ1v) is 5.29. The number of H-pyrrole nitrogens is 1. The van der Waals surface area contributed by atoms with Crippen LogP contribution in [-0.4, -0.2) is 16.1 Å². The van der Waals surface area contributed by atoms with Crippen LogP contribution >= 0.6 is 0 Å². The van der Waals surface area contributed by atoms with E-state index in [1.165, 1.54) is 12.1 Å². The number of aryl methyl sites for hydroxylation is 1. The van der Waals surface area contributed by atoms with Gasteiger partial charge in [-0.2, -0.15) is 5.10 Å². The number of hydrogen-bond donors (Lipinski definition) is 3. The van der Waals surface area contributed by atoms with Crippen LogP contribution < -0.4 is 16.6 Å². The smallest absolute Gasteiger partial charge is 0.264 e. The van der Waals surface area contributed by atoms with Gasteiger partial charge in [0.2, 0.25) is 0 Å². The van der Waals surface area contributed by atoms with Crippen molar-refractivity contribution in [3.8, 4) is 0 Å². The van der Waals surface area contributed by atoms with Gasteiger partial charge in [-0.25, -0.2) is 5.10 Å². The maximum Gasteiger partial charge on any atom is 0.264 e. The maximum absolute atomic E-state index is 11.9. The predicted molar refractivity (Wildman–Crippen MR) is 68.4 cm³/mol. The Kier molecular flexibility index (Phi) is 3.09. The van der Waals surface area contributed by atoms with Gasteiger partial charge >= 0.3 is 0 Å². The molecule has 0 fully saturated rings. The average molecular weight is 244 g/mol. The molecule has 0 spiro atoms. The second kappa shape index (κ2) is 4.70. The molecule has 0 saturated heterocycles. The molecule has 0 radical (unpaired) electrons. The summed E-state index contributed by atoms with van der Waals surface area (Å²) < 4.78 is 0. The summed E-state index contributed by atoms with van der Waals surface area (Å²) in [6, 6.07) is 7.74. The average Bonchev–Trinajstić information content (AvgIpc) is 2.35. The van der Waals surface area contributed by atoms with Crippen molar-refractivity contribution in [2.24, 2.45) is 0 Å². The maximum atomic E-state index is 11.9. The molecule has 0 aliphatic carbocycles. The molecule has 0 aliphatic rings. The van der Waals surface area contributed by atoms with E-state index in [9.17, 15) is 9.59 Å². The molecule has 0 bridgehead atoms. The molecule has 1 amide bonds. The van der Waals surface area contributed by atoms with Crippen LogP contribution in [-0.2, 0) is 0 Å². The summed E-state index contributed by atoms with van der Waals surface area (Å²) in [6.07, 6.45) is 0. The van der Waals surface area contributed by atoms with Gasteiger partial charge in [0.05, 0.1) is 0 Å². The van der Waals surface area contributed by atoms with Crippen LogP contribution in [0.25, 0.3) is 0 Å². The molecule has 2 aromatic rings. The number of rotatable bonds is 2. The van der Waals surface area contributed by atoms with E-state index in [1.807, 2.05) is 6.92 Å². The van der Waals surface area contributed by atoms with Crippen molar-refractivity contribution in [1.29, 1.82) is 0 Å². The van der Waals surface area contributed by atoms with E-state index >= 15 is 0 Å². The predicted octanol–water partition coefficient (Wildman–Crippen LogP) is 0.913. The van der Waals surface area contributed by atoms with Gasteiger partial charge in [0, 0.05) is 17.3 Å². The van der Waals surface area contributed by atoms with Crippen LogP contribution in [0.3, 0.4) is 0 Å². The van der Waals surface area contributed by atoms with Gasteiger partial charge in [-0.1, -0.05) is 6.07 Å². The standard InChI is InChI=1S/C12H12N4O2/c1-7-2-3-8(6-9(7)13)12(18)14-10-4-5-11(17)16-15-10/h2-6H,13H2,1H3,(H,16,17)(H,14,15,18). The van der Waals surface area contributed by atoms with Crippen LogP contribution in [0.2, 0.25) is 0 Å². The number of nitrogen functional groups attached to an aromatic ring is 1. The molecule has 6 heteroatoms. The number of nitrogens with zero attached hydrogens (tertiary/aromatic N) is 1. The van der Waals surface area contributed by atoms with Crippen LogP contribution in [0.5, 0.6) is 0 Å². The molecule has 1 heterocycles. The number of nitrogens with one attached hydrogen (secondary N) is 2. The first-order chi connectivity index (χ1) is 8.56. The molecule has 92 valence electrons. The largest absolute Gasteiger partial charge is 0.398 e. The van der Waals surface area contributed by atoms with E-state index in [2.05, 4.69) is 15.5 Å². The topological polar surface area (TPSA) is 101 Å². The Morgan fingerprint density at radius 1 is 1.33 bits per heavy atom. The highest BCUT2D eigenvalue weighted by Crippen LogP contribution is 2.13. The van der Waals surface area contributed by atoms with Crippen molar-refractivity contribution in [2.45, 2.75) is 6.92 Å². The lowest BCUT2D eigenvalue weighted by molar-refractivity contribution is 0.102. The molecular formula is C12H12N4O2. The van der Waals surface area contributed by atoms with E-state index in [0.717, 1.165) is 5.56 Å². The molecule has 0 saturated carbocycles. The minimum Gasteiger partial charge on any atom is -0.398 e. The summed E-state index contributed by atoms with van der Waals surface area (Å²) in [6.45, 7) is 1.86. The fraction of sp³-hybridized carbons (Fsp3) is 0.0833. The highest BCUT2D eigenvalue weighted by Gasteiger charge is 2.08. The third-order valence-electron chi connectivity index (χ3n) is 2.46. The number of benzene rings is 1. The van der Waals surface area contributed by atoms with Gasteiger partial charge < -0.3 is 11.1 Å². The summed E-state index contributed by atoms with van der Waals surface area (Å²) in [4.78, 5) is 22.7. The van der Waals surface area contributed by atoms with Gasteiger partial charge in [0.25, 0.3) is 11.5 Å². The Labute approximate surface area is 103 Å². The quantitative estimate of drug-likeness (QED) is 0.683. The Morgan fingerprint density at radius 3 is 2.72 bits per heavy atom. The SMILES string of the molecule is Cc1ccc(C(=O)Nc2ccc(=O)[nH]n2)cc1N. The van der Waals surface area contributed by atoms with Crippen molar-refractivity contribution in [1.82, 2.24) is 10.2 Å². The van der Waals surface area contributed by atoms with Crippen molar-refractivity contribution in [3.63, 3.8) is 0 Å². The second-order valence-corrected chi connectivity index (χ2v) is 3.83. The number of aromatic nitrogens is 2. The van der Waals surface area contributed by atoms with Gasteiger partial charge in [0.1, 0.15) is 0 Å². The summed E-state index contributed by atoms with van der Waals surface area (Å²) >= 11 is 0.